The van der Waals surface area contributed by atoms with E-state index in [1.165, 1.54) is 0 Å². The summed E-state index contributed by atoms with van der Waals surface area (Å²) in [7, 11) is 0. The summed E-state index contributed by atoms with van der Waals surface area (Å²) in [6.45, 7) is 0.0541. The van der Waals surface area contributed by atoms with Crippen LogP contribution < -0.4 is 5.73 Å². The van der Waals surface area contributed by atoms with Gasteiger partial charge in [0.05, 0.1) is 6.61 Å². The smallest absolute Gasteiger partial charge is 0.219 e. The van der Waals surface area contributed by atoms with Crippen molar-refractivity contribution < 1.29 is 14.6 Å². The molecule has 0 aliphatic heterocycles. The highest BCUT2D eigenvalue weighted by Crippen LogP contribution is 2.13. The molecule has 0 bridgehead atoms. The normalized spacial score (nSPS) is 10.2. The molecule has 0 unspecified atom stereocenters. The molecule has 0 radical (unpaired) electrons. The fourth-order valence-electron chi connectivity index (χ4n) is 0.960. The highest BCUT2D eigenvalue weighted by molar-refractivity contribution is 8.14. The van der Waals surface area contributed by atoms with Crippen LogP contribution in [0.5, 0.6) is 0 Å². The predicted octanol–water partition coefficient (Wildman–Crippen LogP) is 1.11. The molecule has 0 saturated carbocycles. The van der Waals surface area contributed by atoms with Crippen LogP contribution in [0, 0.1) is 0 Å². The molecule has 0 aliphatic carbocycles. The molecule has 1 aromatic carbocycles. The lowest BCUT2D eigenvalue weighted by Gasteiger charge is -2.01. The van der Waals surface area contributed by atoms with E-state index in [9.17, 15) is 4.79 Å². The van der Waals surface area contributed by atoms with E-state index in [2.05, 4.69) is 0 Å². The number of rotatable bonds is 5. The molecule has 15 heavy (non-hydrogen) atoms. The minimum atomic E-state index is -0.309. The fraction of sp³-hybridized carbons (Fsp3) is 0.300. The van der Waals surface area contributed by atoms with Crippen molar-refractivity contribution >= 4 is 22.6 Å². The molecule has 4 nitrogen and oxygen atoms in total. The summed E-state index contributed by atoms with van der Waals surface area (Å²) >= 11 is 1.16. The van der Waals surface area contributed by atoms with Crippen molar-refractivity contribution in [3.63, 3.8) is 0 Å². The lowest BCUT2D eigenvalue weighted by Crippen LogP contribution is -2.02. The van der Waals surface area contributed by atoms with Crippen molar-refractivity contribution in [2.45, 2.75) is 0 Å². The molecule has 0 amide bonds. The van der Waals surface area contributed by atoms with Gasteiger partial charge in [-0.3, -0.25) is 4.79 Å². The van der Waals surface area contributed by atoms with Gasteiger partial charge in [-0.1, -0.05) is 11.8 Å². The van der Waals surface area contributed by atoms with Crippen LogP contribution in [0.4, 0.5) is 5.69 Å². The molecule has 1 rings (SSSR count). The molecule has 0 aromatic heterocycles. The first-order valence-electron chi connectivity index (χ1n) is 4.45. The first-order chi connectivity index (χ1) is 7.24. The Morgan fingerprint density at radius 1 is 1.40 bits per heavy atom. The van der Waals surface area contributed by atoms with Crippen molar-refractivity contribution in [2.75, 3.05) is 24.9 Å². The van der Waals surface area contributed by atoms with E-state index in [-0.39, 0.29) is 11.9 Å². The second-order valence-electron chi connectivity index (χ2n) is 2.80. The highest BCUT2D eigenvalue weighted by atomic mass is 32.2. The van der Waals surface area contributed by atoms with Crippen molar-refractivity contribution in [2.24, 2.45) is 0 Å². The van der Waals surface area contributed by atoms with Gasteiger partial charge in [-0.15, -0.1) is 0 Å². The number of benzene rings is 1. The van der Waals surface area contributed by atoms with Gasteiger partial charge in [-0.2, -0.15) is 0 Å². The third-order valence-electron chi connectivity index (χ3n) is 1.70. The van der Waals surface area contributed by atoms with Crippen LogP contribution in [-0.2, 0) is 4.74 Å². The number of nitrogen functional groups attached to an aromatic ring is 1. The van der Waals surface area contributed by atoms with E-state index < -0.39 is 0 Å². The lowest BCUT2D eigenvalue weighted by molar-refractivity contribution is 0.00670. The van der Waals surface area contributed by atoms with Gasteiger partial charge in [0.1, 0.15) is 6.79 Å². The standard InChI is InChI=1S/C10H13NO3S/c11-9-3-1-8(2-4-9)10(13)15-6-5-14-7-12/h1-4,12H,5-7,11H2. The molecule has 5 heteroatoms. The maximum atomic E-state index is 11.5. The maximum absolute atomic E-state index is 11.5. The third-order valence-corrected chi connectivity index (χ3v) is 2.57. The van der Waals surface area contributed by atoms with E-state index in [4.69, 9.17) is 15.6 Å². The van der Waals surface area contributed by atoms with Crippen molar-refractivity contribution in [3.05, 3.63) is 29.8 Å². The Morgan fingerprint density at radius 2 is 2.07 bits per heavy atom. The number of hydrogen-bond donors (Lipinski definition) is 2. The van der Waals surface area contributed by atoms with Crippen LogP contribution in [0.3, 0.4) is 0 Å². The van der Waals surface area contributed by atoms with E-state index in [0.717, 1.165) is 11.8 Å². The Bertz CT molecular complexity index is 313. The second kappa shape index (κ2) is 6.44. The molecule has 3 N–H and O–H groups in total. The fourth-order valence-corrected chi connectivity index (χ4v) is 1.65. The highest BCUT2D eigenvalue weighted by Gasteiger charge is 2.05. The number of carbonyl (C=O) groups is 1. The summed E-state index contributed by atoms with van der Waals surface area (Å²) in [4.78, 5) is 11.5. The van der Waals surface area contributed by atoms with Gasteiger partial charge in [0, 0.05) is 17.0 Å². The first kappa shape index (κ1) is 12.0. The number of thioether (sulfide) groups is 1. The van der Waals surface area contributed by atoms with Crippen molar-refractivity contribution in [3.8, 4) is 0 Å². The number of aliphatic hydroxyl groups is 1. The predicted molar refractivity (Wildman–Crippen MR) is 60.7 cm³/mol. The molecular weight excluding hydrogens is 214 g/mol. The SMILES string of the molecule is Nc1ccc(C(=O)SCCOCO)cc1. The van der Waals surface area contributed by atoms with Crippen molar-refractivity contribution in [1.82, 2.24) is 0 Å². The quantitative estimate of drug-likeness (QED) is 0.448. The van der Waals surface area contributed by atoms with Gasteiger partial charge < -0.3 is 15.6 Å². The minimum absolute atomic E-state index is 0.0171. The zero-order valence-corrected chi connectivity index (χ0v) is 9.00. The monoisotopic (exact) mass is 227 g/mol. The van der Waals surface area contributed by atoms with Crippen LogP contribution in [-0.4, -0.2) is 29.4 Å². The topological polar surface area (TPSA) is 72.6 Å². The Labute approximate surface area is 92.4 Å². The third kappa shape index (κ3) is 4.33. The number of ether oxygens (including phenoxy) is 1. The van der Waals surface area contributed by atoms with Gasteiger partial charge in [0.25, 0.3) is 0 Å². The summed E-state index contributed by atoms with van der Waals surface area (Å²) < 4.78 is 4.70. The summed E-state index contributed by atoms with van der Waals surface area (Å²) in [6.07, 6.45) is 0. The Morgan fingerprint density at radius 3 is 2.67 bits per heavy atom. The molecule has 0 heterocycles. The Kier molecular flexibility index (Phi) is 5.17. The molecule has 0 fully saturated rings. The Hall–Kier alpha value is -1.04. The summed E-state index contributed by atoms with van der Waals surface area (Å²) in [6, 6.07) is 6.77. The zero-order chi connectivity index (χ0) is 11.1. The van der Waals surface area contributed by atoms with Gasteiger partial charge in [0.2, 0.25) is 5.12 Å². The average Bonchev–Trinajstić information content (AvgIpc) is 2.25. The molecule has 1 aromatic rings. The largest absolute Gasteiger partial charge is 0.399 e. The molecule has 0 saturated heterocycles. The molecule has 0 spiro atoms. The summed E-state index contributed by atoms with van der Waals surface area (Å²) in [5.74, 6) is 0.532. The van der Waals surface area contributed by atoms with Crippen LogP contribution in [0.1, 0.15) is 10.4 Å². The number of aliphatic hydroxyl groups excluding tert-OH is 1. The van der Waals surface area contributed by atoms with Gasteiger partial charge in [-0.05, 0) is 24.3 Å². The zero-order valence-electron chi connectivity index (χ0n) is 8.18. The van der Waals surface area contributed by atoms with Gasteiger partial charge >= 0.3 is 0 Å². The van der Waals surface area contributed by atoms with Crippen LogP contribution in [0.15, 0.2) is 24.3 Å². The van der Waals surface area contributed by atoms with Crippen molar-refractivity contribution in [1.29, 1.82) is 0 Å². The number of carbonyl (C=O) groups excluding carboxylic acids is 1. The van der Waals surface area contributed by atoms with Crippen LogP contribution in [0.25, 0.3) is 0 Å². The number of nitrogens with two attached hydrogens (primary N) is 1. The first-order valence-corrected chi connectivity index (χ1v) is 5.44. The number of hydrogen-bond acceptors (Lipinski definition) is 5. The molecular formula is C10H13NO3S. The van der Waals surface area contributed by atoms with E-state index >= 15 is 0 Å². The molecule has 82 valence electrons. The van der Waals surface area contributed by atoms with Gasteiger partial charge in [0.15, 0.2) is 0 Å². The van der Waals surface area contributed by atoms with Crippen LogP contribution >= 0.6 is 11.8 Å². The maximum Gasteiger partial charge on any atom is 0.219 e. The second-order valence-corrected chi connectivity index (χ2v) is 3.86. The van der Waals surface area contributed by atoms with E-state index in [1.54, 1.807) is 24.3 Å². The Balaban J connectivity index is 2.37. The summed E-state index contributed by atoms with van der Waals surface area (Å²) in [5, 5.41) is 8.33. The van der Waals surface area contributed by atoms with Crippen LogP contribution in [0.2, 0.25) is 0 Å². The average molecular weight is 227 g/mol. The number of anilines is 1. The van der Waals surface area contributed by atoms with Gasteiger partial charge in [-0.25, -0.2) is 0 Å². The molecule has 0 aliphatic rings. The minimum Gasteiger partial charge on any atom is -0.399 e. The van der Waals surface area contributed by atoms with E-state index in [0.29, 0.717) is 23.6 Å². The summed E-state index contributed by atoms with van der Waals surface area (Å²) in [5.41, 5.74) is 6.76. The molecule has 0 atom stereocenters. The lowest BCUT2D eigenvalue weighted by atomic mass is 10.2. The van der Waals surface area contributed by atoms with E-state index in [1.807, 2.05) is 0 Å².